The van der Waals surface area contributed by atoms with Crippen LogP contribution in [0.2, 0.25) is 0 Å². The Kier molecular flexibility index (Phi) is 4.84. The maximum absolute atomic E-state index is 6.30. The van der Waals surface area contributed by atoms with Crippen molar-refractivity contribution < 1.29 is 0 Å². The van der Waals surface area contributed by atoms with Gasteiger partial charge in [0, 0.05) is 18.5 Å². The Labute approximate surface area is 127 Å². The summed E-state index contributed by atoms with van der Waals surface area (Å²) in [5, 5.41) is 0. The van der Waals surface area contributed by atoms with Crippen molar-refractivity contribution in [1.82, 2.24) is 9.55 Å². The highest BCUT2D eigenvalue weighted by Crippen LogP contribution is 2.28. The minimum Gasteiger partial charge on any atom is -0.383 e. The van der Waals surface area contributed by atoms with E-state index >= 15 is 0 Å². The van der Waals surface area contributed by atoms with Crippen LogP contribution in [-0.2, 0) is 13.0 Å². The Morgan fingerprint density at radius 1 is 1.29 bits per heavy atom. The first-order valence-electron chi connectivity index (χ1n) is 7.64. The molecular formula is C18H25N3. The largest absolute Gasteiger partial charge is 0.383 e. The SMILES string of the molecule is C=CCn1c(CCC)nc(-c2ccc(C(C)C)cc2)c1N. The van der Waals surface area contributed by atoms with Gasteiger partial charge < -0.3 is 10.3 Å². The Hall–Kier alpha value is -2.03. The standard InChI is InChI=1S/C18H25N3/c1-5-7-16-20-17(18(19)21(16)12-6-2)15-10-8-14(9-11-15)13(3)4/h6,8-11,13H,2,5,7,12,19H2,1,3-4H3. The van der Waals surface area contributed by atoms with Crippen molar-refractivity contribution in [3.8, 4) is 11.3 Å². The summed E-state index contributed by atoms with van der Waals surface area (Å²) in [6.45, 7) is 11.1. The van der Waals surface area contributed by atoms with Crippen LogP contribution in [0.25, 0.3) is 11.3 Å². The Morgan fingerprint density at radius 3 is 2.48 bits per heavy atom. The molecule has 1 aromatic carbocycles. The Bertz CT molecular complexity index is 606. The Balaban J connectivity index is 2.43. The highest BCUT2D eigenvalue weighted by Gasteiger charge is 2.15. The van der Waals surface area contributed by atoms with Crippen molar-refractivity contribution >= 4 is 5.82 Å². The molecule has 0 fully saturated rings. The van der Waals surface area contributed by atoms with Crippen LogP contribution in [-0.4, -0.2) is 9.55 Å². The van der Waals surface area contributed by atoms with Crippen molar-refractivity contribution in [2.45, 2.75) is 46.1 Å². The van der Waals surface area contributed by atoms with Gasteiger partial charge in [-0.3, -0.25) is 0 Å². The molecule has 0 aliphatic carbocycles. The van der Waals surface area contributed by atoms with Gasteiger partial charge in [0.25, 0.3) is 0 Å². The van der Waals surface area contributed by atoms with Gasteiger partial charge in [-0.25, -0.2) is 4.98 Å². The van der Waals surface area contributed by atoms with Gasteiger partial charge in [0.15, 0.2) is 0 Å². The first kappa shape index (κ1) is 15.4. The van der Waals surface area contributed by atoms with E-state index < -0.39 is 0 Å². The summed E-state index contributed by atoms with van der Waals surface area (Å²) >= 11 is 0. The second-order valence-electron chi connectivity index (χ2n) is 5.69. The predicted molar refractivity (Wildman–Crippen MR) is 90.4 cm³/mol. The van der Waals surface area contributed by atoms with Crippen LogP contribution < -0.4 is 5.73 Å². The summed E-state index contributed by atoms with van der Waals surface area (Å²) in [4.78, 5) is 4.75. The van der Waals surface area contributed by atoms with E-state index in [2.05, 4.69) is 56.2 Å². The number of anilines is 1. The molecule has 0 unspecified atom stereocenters. The van der Waals surface area contributed by atoms with Crippen molar-refractivity contribution in [3.63, 3.8) is 0 Å². The predicted octanol–water partition coefficient (Wildman–Crippen LogP) is 4.39. The van der Waals surface area contributed by atoms with E-state index in [0.717, 1.165) is 35.7 Å². The van der Waals surface area contributed by atoms with Crippen LogP contribution in [0.1, 0.15) is 44.5 Å². The molecular weight excluding hydrogens is 258 g/mol. The van der Waals surface area contributed by atoms with Gasteiger partial charge in [-0.15, -0.1) is 6.58 Å². The fraction of sp³-hybridized carbons (Fsp3) is 0.389. The molecule has 0 spiro atoms. The van der Waals surface area contributed by atoms with Gasteiger partial charge >= 0.3 is 0 Å². The smallest absolute Gasteiger partial charge is 0.132 e. The summed E-state index contributed by atoms with van der Waals surface area (Å²) < 4.78 is 2.06. The molecule has 112 valence electrons. The van der Waals surface area contributed by atoms with Crippen LogP contribution >= 0.6 is 0 Å². The number of nitrogen functional groups attached to an aromatic ring is 1. The van der Waals surface area contributed by atoms with Crippen molar-refractivity contribution in [2.24, 2.45) is 0 Å². The van der Waals surface area contributed by atoms with Gasteiger partial charge in [0.1, 0.15) is 17.3 Å². The van der Waals surface area contributed by atoms with Crippen LogP contribution in [0.4, 0.5) is 5.82 Å². The van der Waals surface area contributed by atoms with Gasteiger partial charge in [-0.05, 0) is 17.9 Å². The van der Waals surface area contributed by atoms with Crippen LogP contribution in [0.3, 0.4) is 0 Å². The quantitative estimate of drug-likeness (QED) is 0.799. The lowest BCUT2D eigenvalue weighted by atomic mass is 10.0. The molecule has 0 atom stereocenters. The van der Waals surface area contributed by atoms with E-state index in [1.807, 2.05) is 6.08 Å². The number of allylic oxidation sites excluding steroid dienone is 1. The zero-order valence-corrected chi connectivity index (χ0v) is 13.3. The Morgan fingerprint density at radius 2 is 1.95 bits per heavy atom. The highest BCUT2D eigenvalue weighted by molar-refractivity contribution is 5.71. The summed E-state index contributed by atoms with van der Waals surface area (Å²) in [6.07, 6.45) is 3.85. The second-order valence-corrected chi connectivity index (χ2v) is 5.69. The number of aromatic nitrogens is 2. The van der Waals surface area contributed by atoms with Crippen LogP contribution in [0, 0.1) is 0 Å². The van der Waals surface area contributed by atoms with Crippen LogP contribution in [0.5, 0.6) is 0 Å². The van der Waals surface area contributed by atoms with Gasteiger partial charge in [0.05, 0.1) is 0 Å². The second kappa shape index (κ2) is 6.61. The summed E-state index contributed by atoms with van der Waals surface area (Å²) in [6, 6.07) is 8.54. The third-order valence-corrected chi connectivity index (χ3v) is 3.72. The molecule has 0 amide bonds. The normalized spacial score (nSPS) is 11.0. The molecule has 2 aromatic rings. The fourth-order valence-corrected chi connectivity index (χ4v) is 2.50. The molecule has 2 rings (SSSR count). The molecule has 1 aromatic heterocycles. The number of imidazole rings is 1. The third-order valence-electron chi connectivity index (χ3n) is 3.72. The highest BCUT2D eigenvalue weighted by atomic mass is 15.1. The average molecular weight is 283 g/mol. The number of rotatable bonds is 6. The van der Waals surface area contributed by atoms with Gasteiger partial charge in [-0.2, -0.15) is 0 Å². The van der Waals surface area contributed by atoms with Crippen molar-refractivity contribution in [3.05, 3.63) is 48.3 Å². The number of nitrogens with zero attached hydrogens (tertiary/aromatic N) is 2. The first-order valence-corrected chi connectivity index (χ1v) is 7.64. The number of nitrogens with two attached hydrogens (primary N) is 1. The summed E-state index contributed by atoms with van der Waals surface area (Å²) in [7, 11) is 0. The lowest BCUT2D eigenvalue weighted by Gasteiger charge is -2.07. The van der Waals surface area contributed by atoms with Gasteiger partial charge in [0.2, 0.25) is 0 Å². The first-order chi connectivity index (χ1) is 10.1. The lowest BCUT2D eigenvalue weighted by molar-refractivity contribution is 0.724. The number of hydrogen-bond acceptors (Lipinski definition) is 2. The average Bonchev–Trinajstić information content (AvgIpc) is 2.77. The van der Waals surface area contributed by atoms with E-state index in [9.17, 15) is 0 Å². The number of aryl methyl sites for hydroxylation is 1. The van der Waals surface area contributed by atoms with Crippen molar-refractivity contribution in [2.75, 3.05) is 5.73 Å². The summed E-state index contributed by atoms with van der Waals surface area (Å²) in [5.74, 6) is 2.30. The molecule has 2 N–H and O–H groups in total. The molecule has 0 saturated carbocycles. The molecule has 3 heteroatoms. The summed E-state index contributed by atoms with van der Waals surface area (Å²) in [5.41, 5.74) is 9.60. The minimum absolute atomic E-state index is 0.533. The molecule has 0 radical (unpaired) electrons. The minimum atomic E-state index is 0.533. The van der Waals surface area contributed by atoms with E-state index in [1.165, 1.54) is 5.56 Å². The molecule has 21 heavy (non-hydrogen) atoms. The fourth-order valence-electron chi connectivity index (χ4n) is 2.50. The zero-order valence-electron chi connectivity index (χ0n) is 13.3. The zero-order chi connectivity index (χ0) is 15.4. The molecule has 0 bridgehead atoms. The maximum Gasteiger partial charge on any atom is 0.132 e. The van der Waals surface area contributed by atoms with E-state index in [-0.39, 0.29) is 0 Å². The van der Waals surface area contributed by atoms with Crippen molar-refractivity contribution in [1.29, 1.82) is 0 Å². The molecule has 0 aliphatic heterocycles. The molecule has 0 saturated heterocycles. The number of benzene rings is 1. The monoisotopic (exact) mass is 283 g/mol. The number of hydrogen-bond donors (Lipinski definition) is 1. The molecule has 0 aliphatic rings. The molecule has 1 heterocycles. The van der Waals surface area contributed by atoms with Crippen LogP contribution in [0.15, 0.2) is 36.9 Å². The van der Waals surface area contributed by atoms with E-state index in [0.29, 0.717) is 12.5 Å². The van der Waals surface area contributed by atoms with Gasteiger partial charge in [-0.1, -0.05) is 51.1 Å². The van der Waals surface area contributed by atoms with E-state index in [4.69, 9.17) is 10.7 Å². The lowest BCUT2D eigenvalue weighted by Crippen LogP contribution is -2.05. The van der Waals surface area contributed by atoms with E-state index in [1.54, 1.807) is 0 Å². The topological polar surface area (TPSA) is 43.8 Å². The third kappa shape index (κ3) is 3.18. The maximum atomic E-state index is 6.30. The molecule has 3 nitrogen and oxygen atoms in total.